The molecule has 0 aliphatic rings. The summed E-state index contributed by atoms with van der Waals surface area (Å²) in [7, 11) is -4.67. The topological polar surface area (TPSA) is 201 Å². The molecule has 8 N–H and O–H groups in total. The van der Waals surface area contributed by atoms with Gasteiger partial charge in [-0.2, -0.15) is 8.42 Å². The zero-order chi connectivity index (χ0) is 13.1. The number of carbonyl (C=O) groups is 2. The van der Waals surface area contributed by atoms with Crippen LogP contribution in [0.4, 0.5) is 0 Å². The fourth-order valence-corrected chi connectivity index (χ4v) is 0. The molecule has 0 unspecified atom stereocenters. The Morgan fingerprint density at radius 3 is 1.00 bits per heavy atom. The number of carboxylic acid groups (broad SMARTS) is 2. The lowest BCUT2D eigenvalue weighted by molar-refractivity contribution is -0.136. The van der Waals surface area contributed by atoms with Crippen LogP contribution in [0.15, 0.2) is 0 Å². The van der Waals surface area contributed by atoms with E-state index in [0.29, 0.717) is 0 Å². The van der Waals surface area contributed by atoms with Gasteiger partial charge in [0.1, 0.15) is 0 Å². The van der Waals surface area contributed by atoms with Crippen molar-refractivity contribution in [3.05, 3.63) is 0 Å². The lowest BCUT2D eigenvalue weighted by Gasteiger charge is -1.73. The molecule has 0 fully saturated rings. The minimum absolute atomic E-state index is 0.278. The summed E-state index contributed by atoms with van der Waals surface area (Å²) in [4.78, 5) is 18.5. The third-order valence-corrected chi connectivity index (χ3v) is 0.349. The normalized spacial score (nSPS) is 8.80. The summed E-state index contributed by atoms with van der Waals surface area (Å²) in [5.74, 6) is -1.94. The minimum Gasteiger partial charge on any atom is -0.480 e. The summed E-state index contributed by atoms with van der Waals surface area (Å²) in [6.07, 6.45) is 0. The van der Waals surface area contributed by atoms with Gasteiger partial charge in [0, 0.05) is 0 Å². The molecule has 15 heavy (non-hydrogen) atoms. The first kappa shape index (κ1) is 19.3. The molecule has 0 aromatic rings. The number of nitrogens with two attached hydrogens (primary N) is 2. The Hall–Kier alpha value is -1.27. The molecule has 0 rings (SSSR count). The van der Waals surface area contributed by atoms with E-state index in [-0.39, 0.29) is 13.1 Å². The van der Waals surface area contributed by atoms with Gasteiger partial charge in [0.15, 0.2) is 0 Å². The average Bonchev–Trinajstić information content (AvgIpc) is 2.02. The zero-order valence-electron chi connectivity index (χ0n) is 7.40. The van der Waals surface area contributed by atoms with Gasteiger partial charge < -0.3 is 21.7 Å². The molecule has 0 atom stereocenters. The Bertz CT molecular complexity index is 250. The first-order valence-corrected chi connectivity index (χ1v) is 4.47. The largest absolute Gasteiger partial charge is 0.480 e. The van der Waals surface area contributed by atoms with E-state index in [1.807, 2.05) is 0 Å². The summed E-state index contributed by atoms with van der Waals surface area (Å²) in [5.41, 5.74) is 9.14. The first-order valence-electron chi connectivity index (χ1n) is 3.08. The van der Waals surface area contributed by atoms with Crippen molar-refractivity contribution in [2.45, 2.75) is 0 Å². The third kappa shape index (κ3) is 197. The van der Waals surface area contributed by atoms with Gasteiger partial charge in [0.2, 0.25) is 0 Å². The molecule has 0 heterocycles. The number of hydrogen-bond acceptors (Lipinski definition) is 6. The molecule has 11 heteroatoms. The Kier molecular flexibility index (Phi) is 13.9. The SMILES string of the molecule is NCC(=O)O.NCC(=O)O.O=S(=O)(O)O. The molecule has 92 valence electrons. The second-order valence-corrected chi connectivity index (χ2v) is 2.54. The van der Waals surface area contributed by atoms with E-state index in [4.69, 9.17) is 27.7 Å². The highest BCUT2D eigenvalue weighted by Crippen LogP contribution is 1.59. The van der Waals surface area contributed by atoms with Crippen molar-refractivity contribution >= 4 is 22.3 Å². The van der Waals surface area contributed by atoms with E-state index < -0.39 is 22.3 Å². The van der Waals surface area contributed by atoms with Gasteiger partial charge in [-0.15, -0.1) is 0 Å². The standard InChI is InChI=1S/2C2H5NO2.H2O4S/c2*3-1-2(4)5;1-5(2,3)4/h2*1,3H2,(H,4,5);(H2,1,2,3,4). The maximum absolute atomic E-state index is 9.24. The van der Waals surface area contributed by atoms with Crippen LogP contribution in [-0.4, -0.2) is 52.8 Å². The van der Waals surface area contributed by atoms with Crippen LogP contribution in [0.25, 0.3) is 0 Å². The molecule has 0 radical (unpaired) electrons. The van der Waals surface area contributed by atoms with Gasteiger partial charge in [-0.1, -0.05) is 0 Å². The fourth-order valence-electron chi connectivity index (χ4n) is 0. The third-order valence-electron chi connectivity index (χ3n) is 0.349. The van der Waals surface area contributed by atoms with Crippen LogP contribution < -0.4 is 11.5 Å². The van der Waals surface area contributed by atoms with Gasteiger partial charge in [0.25, 0.3) is 0 Å². The predicted octanol–water partition coefficient (Wildman–Crippen LogP) is -2.59. The Morgan fingerprint density at radius 1 is 0.933 bits per heavy atom. The average molecular weight is 248 g/mol. The molecule has 0 aromatic carbocycles. The Morgan fingerprint density at radius 2 is 1.00 bits per heavy atom. The summed E-state index contributed by atoms with van der Waals surface area (Å²) in [5, 5.41) is 15.2. The molecular formula is C4H12N2O8S. The van der Waals surface area contributed by atoms with Crippen molar-refractivity contribution in [2.75, 3.05) is 13.1 Å². The molecule has 0 spiro atoms. The maximum atomic E-state index is 9.24. The van der Waals surface area contributed by atoms with Gasteiger partial charge in [-0.05, 0) is 0 Å². The molecule has 0 aliphatic heterocycles. The van der Waals surface area contributed by atoms with Crippen molar-refractivity contribution in [3.8, 4) is 0 Å². The van der Waals surface area contributed by atoms with Crippen LogP contribution >= 0.6 is 0 Å². The van der Waals surface area contributed by atoms with Gasteiger partial charge in [-0.3, -0.25) is 18.7 Å². The van der Waals surface area contributed by atoms with Crippen molar-refractivity contribution in [1.29, 1.82) is 0 Å². The smallest absolute Gasteiger partial charge is 0.394 e. The van der Waals surface area contributed by atoms with Gasteiger partial charge in [-0.25, -0.2) is 0 Å². The quantitative estimate of drug-likeness (QED) is 0.281. The Labute approximate surface area is 85.1 Å². The van der Waals surface area contributed by atoms with Crippen LogP contribution in [0, 0.1) is 0 Å². The van der Waals surface area contributed by atoms with Crippen LogP contribution in [0.1, 0.15) is 0 Å². The van der Waals surface area contributed by atoms with E-state index in [1.165, 1.54) is 0 Å². The molecule has 0 saturated heterocycles. The van der Waals surface area contributed by atoms with Gasteiger partial charge >= 0.3 is 22.3 Å². The van der Waals surface area contributed by atoms with E-state index in [0.717, 1.165) is 0 Å². The summed E-state index contributed by atoms with van der Waals surface area (Å²) < 4.78 is 31.6. The van der Waals surface area contributed by atoms with Crippen LogP contribution in [0.5, 0.6) is 0 Å². The molecule has 0 aliphatic carbocycles. The second-order valence-electron chi connectivity index (χ2n) is 1.64. The number of aliphatic carboxylic acids is 2. The predicted molar refractivity (Wildman–Crippen MR) is 47.6 cm³/mol. The van der Waals surface area contributed by atoms with E-state index >= 15 is 0 Å². The summed E-state index contributed by atoms with van der Waals surface area (Å²) in [6, 6.07) is 0. The van der Waals surface area contributed by atoms with Crippen molar-refractivity contribution < 1.29 is 37.3 Å². The zero-order valence-corrected chi connectivity index (χ0v) is 8.22. The van der Waals surface area contributed by atoms with Crippen LogP contribution in [-0.2, 0) is 20.0 Å². The Balaban J connectivity index is -0.000000144. The summed E-state index contributed by atoms with van der Waals surface area (Å²) >= 11 is 0. The van der Waals surface area contributed by atoms with Crippen molar-refractivity contribution in [3.63, 3.8) is 0 Å². The van der Waals surface area contributed by atoms with Crippen molar-refractivity contribution in [1.82, 2.24) is 0 Å². The molecular weight excluding hydrogens is 236 g/mol. The molecule has 0 aromatic heterocycles. The molecule has 0 bridgehead atoms. The van der Waals surface area contributed by atoms with Gasteiger partial charge in [0.05, 0.1) is 13.1 Å². The number of hydrogen-bond donors (Lipinski definition) is 6. The highest BCUT2D eigenvalue weighted by Gasteiger charge is 1.84. The van der Waals surface area contributed by atoms with E-state index in [1.54, 1.807) is 0 Å². The number of rotatable bonds is 2. The van der Waals surface area contributed by atoms with E-state index in [2.05, 4.69) is 11.5 Å². The van der Waals surface area contributed by atoms with Crippen LogP contribution in [0.3, 0.4) is 0 Å². The monoisotopic (exact) mass is 248 g/mol. The molecule has 0 amide bonds. The minimum atomic E-state index is -4.67. The number of carboxylic acids is 2. The molecule has 10 nitrogen and oxygen atoms in total. The first-order chi connectivity index (χ1) is 6.54. The second kappa shape index (κ2) is 10.8. The lowest BCUT2D eigenvalue weighted by atomic mass is 10.7. The van der Waals surface area contributed by atoms with Crippen LogP contribution in [0.2, 0.25) is 0 Å². The summed E-state index contributed by atoms with van der Waals surface area (Å²) in [6.45, 7) is -0.556. The maximum Gasteiger partial charge on any atom is 0.394 e. The van der Waals surface area contributed by atoms with Crippen molar-refractivity contribution in [2.24, 2.45) is 11.5 Å². The molecule has 0 saturated carbocycles. The van der Waals surface area contributed by atoms with E-state index in [9.17, 15) is 9.59 Å². The highest BCUT2D eigenvalue weighted by atomic mass is 32.3. The lowest BCUT2D eigenvalue weighted by Crippen LogP contribution is -2.10. The highest BCUT2D eigenvalue weighted by molar-refractivity contribution is 7.79. The fraction of sp³-hybridized carbons (Fsp3) is 0.500.